The zero-order chi connectivity index (χ0) is 17.6. The summed E-state index contributed by atoms with van der Waals surface area (Å²) in [5.74, 6) is 1.26. The molecule has 4 aliphatic carbocycles. The molecule has 0 bridgehead atoms. The highest BCUT2D eigenvalue weighted by molar-refractivity contribution is 6.28. The molecule has 2 fully saturated rings. The number of hydrogen-bond acceptors (Lipinski definition) is 1. The third-order valence-corrected chi connectivity index (χ3v) is 8.51. The number of carbonyl (C=O) groups excluding carboxylic acids is 1. The normalized spacial score (nSPS) is 33.5. The fourth-order valence-electron chi connectivity index (χ4n) is 6.80. The summed E-state index contributed by atoms with van der Waals surface area (Å²) >= 11 is 7.15. The van der Waals surface area contributed by atoms with Gasteiger partial charge < -0.3 is 0 Å². The lowest BCUT2D eigenvalue weighted by Gasteiger charge is -2.27. The van der Waals surface area contributed by atoms with Gasteiger partial charge in [0.05, 0.1) is 4.87 Å². The molecule has 1 nitrogen and oxygen atoms in total. The average molecular weight is 363 g/mol. The summed E-state index contributed by atoms with van der Waals surface area (Å²) in [7, 11) is 0. The van der Waals surface area contributed by atoms with Gasteiger partial charge in [0.25, 0.3) is 0 Å². The van der Waals surface area contributed by atoms with Gasteiger partial charge in [-0.05, 0) is 84.2 Å². The van der Waals surface area contributed by atoms with E-state index < -0.39 is 0 Å². The van der Waals surface area contributed by atoms with Gasteiger partial charge in [0.2, 0.25) is 0 Å². The van der Waals surface area contributed by atoms with Crippen LogP contribution in [0.1, 0.15) is 64.2 Å². The number of aryl methyl sites for hydroxylation is 2. The third-order valence-electron chi connectivity index (χ3n) is 7.78. The quantitative estimate of drug-likeness (QED) is 0.538. The first-order chi connectivity index (χ1) is 12.6. The lowest BCUT2D eigenvalue weighted by molar-refractivity contribution is 0.0907. The van der Waals surface area contributed by atoms with Crippen LogP contribution in [-0.2, 0) is 12.8 Å². The summed E-state index contributed by atoms with van der Waals surface area (Å²) in [5, 5.41) is 0. The van der Waals surface area contributed by atoms with Crippen molar-refractivity contribution in [2.24, 2.45) is 11.8 Å². The summed E-state index contributed by atoms with van der Waals surface area (Å²) in [6.45, 7) is 2.13. The molecule has 26 heavy (non-hydrogen) atoms. The van der Waals surface area contributed by atoms with Gasteiger partial charge in [0.15, 0.2) is 5.78 Å². The molecule has 0 spiro atoms. The van der Waals surface area contributed by atoms with Crippen LogP contribution in [0.5, 0.6) is 0 Å². The molecule has 2 saturated carbocycles. The Balaban J connectivity index is 1.60. The van der Waals surface area contributed by atoms with Gasteiger partial charge in [0.1, 0.15) is 0 Å². The Bertz CT molecular complexity index is 974. The van der Waals surface area contributed by atoms with E-state index in [9.17, 15) is 4.79 Å². The van der Waals surface area contributed by atoms with E-state index in [-0.39, 0.29) is 10.8 Å². The number of rotatable bonds is 0. The van der Waals surface area contributed by atoms with Gasteiger partial charge in [-0.15, -0.1) is 11.6 Å². The van der Waals surface area contributed by atoms with Gasteiger partial charge in [0, 0.05) is 11.5 Å². The topological polar surface area (TPSA) is 17.1 Å². The molecule has 2 heteroatoms. The van der Waals surface area contributed by atoms with Gasteiger partial charge in [-0.25, -0.2) is 0 Å². The summed E-state index contributed by atoms with van der Waals surface area (Å²) in [5.41, 5.74) is 9.21. The zero-order valence-electron chi connectivity index (χ0n) is 15.1. The predicted molar refractivity (Wildman–Crippen MR) is 105 cm³/mol. The van der Waals surface area contributed by atoms with Gasteiger partial charge in [-0.1, -0.05) is 36.8 Å². The largest absolute Gasteiger partial charge is 0.294 e. The fraction of sp³-hybridized carbons (Fsp3) is 0.458. The maximum atomic E-state index is 13.5. The number of hydrogen-bond donors (Lipinski definition) is 0. The van der Waals surface area contributed by atoms with E-state index >= 15 is 0 Å². The van der Waals surface area contributed by atoms with Crippen LogP contribution < -0.4 is 0 Å². The molecule has 0 N–H and O–H groups in total. The second-order valence-corrected chi connectivity index (χ2v) is 9.57. The Morgan fingerprint density at radius 2 is 2.00 bits per heavy atom. The van der Waals surface area contributed by atoms with Crippen molar-refractivity contribution >= 4 is 17.4 Å². The smallest absolute Gasteiger partial charge is 0.168 e. The van der Waals surface area contributed by atoms with Crippen molar-refractivity contribution in [1.29, 1.82) is 0 Å². The molecule has 0 saturated heterocycles. The Kier molecular flexibility index (Phi) is 2.98. The molecule has 0 aliphatic heterocycles. The summed E-state index contributed by atoms with van der Waals surface area (Å²) in [6.07, 6.45) is 6.67. The second-order valence-electron chi connectivity index (χ2n) is 8.87. The first kappa shape index (κ1) is 15.5. The molecular formula is C24H23ClO. The summed E-state index contributed by atoms with van der Waals surface area (Å²) < 4.78 is 0. The summed E-state index contributed by atoms with van der Waals surface area (Å²) in [6, 6.07) is 11.1. The lowest BCUT2D eigenvalue weighted by Crippen LogP contribution is -2.33. The minimum absolute atomic E-state index is 0.0223. The molecule has 2 aromatic rings. The monoisotopic (exact) mass is 362 g/mol. The molecular weight excluding hydrogens is 340 g/mol. The van der Waals surface area contributed by atoms with E-state index in [1.807, 2.05) is 0 Å². The van der Waals surface area contributed by atoms with E-state index in [0.717, 1.165) is 36.8 Å². The van der Waals surface area contributed by atoms with Crippen LogP contribution in [0.25, 0.3) is 11.1 Å². The molecule has 0 unspecified atom stereocenters. The van der Waals surface area contributed by atoms with E-state index in [2.05, 4.69) is 37.3 Å². The van der Waals surface area contributed by atoms with E-state index in [4.69, 9.17) is 11.6 Å². The Labute approximate surface area is 159 Å². The molecule has 2 aromatic carbocycles. The number of carbonyl (C=O) groups is 1. The van der Waals surface area contributed by atoms with Crippen molar-refractivity contribution in [3.05, 3.63) is 58.1 Å². The third kappa shape index (κ3) is 1.71. The highest BCUT2D eigenvalue weighted by Gasteiger charge is 2.62. The maximum absolute atomic E-state index is 13.5. The molecule has 0 heterocycles. The minimum atomic E-state index is -0.271. The summed E-state index contributed by atoms with van der Waals surface area (Å²) in [4.78, 5) is 13.2. The maximum Gasteiger partial charge on any atom is 0.168 e. The highest BCUT2D eigenvalue weighted by Crippen LogP contribution is 2.65. The van der Waals surface area contributed by atoms with Crippen molar-refractivity contribution < 1.29 is 4.79 Å². The van der Waals surface area contributed by atoms with Crippen LogP contribution >= 0.6 is 11.6 Å². The zero-order valence-corrected chi connectivity index (χ0v) is 15.9. The van der Waals surface area contributed by atoms with Crippen LogP contribution in [0.3, 0.4) is 0 Å². The molecule has 0 amide bonds. The Morgan fingerprint density at radius 3 is 2.88 bits per heavy atom. The Hall–Kier alpha value is -1.60. The number of halogens is 1. The lowest BCUT2D eigenvalue weighted by atomic mass is 9.78. The van der Waals surface area contributed by atoms with Crippen LogP contribution in [0.4, 0.5) is 0 Å². The van der Waals surface area contributed by atoms with Crippen LogP contribution in [-0.4, -0.2) is 10.7 Å². The van der Waals surface area contributed by atoms with Crippen molar-refractivity contribution in [3.63, 3.8) is 0 Å². The van der Waals surface area contributed by atoms with Crippen LogP contribution in [0.2, 0.25) is 0 Å². The molecule has 4 aliphatic rings. The predicted octanol–water partition coefficient (Wildman–Crippen LogP) is 5.84. The molecule has 132 valence electrons. The standard InChI is InChI=1S/C24H23ClO/c1-13-11-18-16-7-3-2-5-14(16)8-9-17(18)21-19-12-15-6-4-10-24(15,25)22(19)23(26)20(13)21/h2-3,5,7,11,15,19,22H,4,6,8-10,12H2,1H3/t15-,19-,22-,24+/m1/s1. The fourth-order valence-corrected chi connectivity index (χ4v) is 7.38. The molecule has 6 rings (SSSR count). The number of benzene rings is 2. The van der Waals surface area contributed by atoms with Crippen molar-refractivity contribution in [2.45, 2.75) is 56.2 Å². The van der Waals surface area contributed by atoms with Crippen LogP contribution in [0, 0.1) is 18.8 Å². The van der Waals surface area contributed by atoms with E-state index in [1.54, 1.807) is 0 Å². The number of Topliss-reactive ketones (excluding diaryl/α,β-unsaturated/α-hetero) is 1. The SMILES string of the molecule is Cc1cc2c(c3c1C(=O)[C@H]1[C@@H]3C[C@H]3CCC[C@]31Cl)CCc1ccccc1-2. The number of fused-ring (bicyclic) bond motifs is 9. The van der Waals surface area contributed by atoms with E-state index in [1.165, 1.54) is 40.7 Å². The first-order valence-electron chi connectivity index (χ1n) is 10.1. The van der Waals surface area contributed by atoms with Crippen molar-refractivity contribution in [1.82, 2.24) is 0 Å². The number of alkyl halides is 1. The second kappa shape index (κ2) is 5.01. The minimum Gasteiger partial charge on any atom is -0.294 e. The van der Waals surface area contributed by atoms with Crippen molar-refractivity contribution in [2.75, 3.05) is 0 Å². The van der Waals surface area contributed by atoms with Gasteiger partial charge in [-0.3, -0.25) is 4.79 Å². The molecule has 0 aromatic heterocycles. The van der Waals surface area contributed by atoms with Gasteiger partial charge in [-0.2, -0.15) is 0 Å². The first-order valence-corrected chi connectivity index (χ1v) is 10.4. The highest BCUT2D eigenvalue weighted by atomic mass is 35.5. The average Bonchev–Trinajstić information content (AvgIpc) is 3.23. The van der Waals surface area contributed by atoms with Gasteiger partial charge >= 0.3 is 0 Å². The molecule has 0 radical (unpaired) electrons. The Morgan fingerprint density at radius 1 is 1.15 bits per heavy atom. The molecule has 4 atom stereocenters. The van der Waals surface area contributed by atoms with E-state index in [0.29, 0.717) is 17.6 Å². The van der Waals surface area contributed by atoms with Crippen molar-refractivity contribution in [3.8, 4) is 11.1 Å². The van der Waals surface area contributed by atoms with Crippen LogP contribution in [0.15, 0.2) is 30.3 Å². The number of ketones is 1.